The van der Waals surface area contributed by atoms with E-state index in [9.17, 15) is 9.59 Å². The Balaban J connectivity index is 0.000000963. The summed E-state index contributed by atoms with van der Waals surface area (Å²) in [5, 5.41) is 0. The van der Waals surface area contributed by atoms with E-state index in [0.717, 1.165) is 0 Å². The fourth-order valence-corrected chi connectivity index (χ4v) is 1.72. The third kappa shape index (κ3) is 1.29. The third-order valence-electron chi connectivity index (χ3n) is 2.41. The first-order valence-electron chi connectivity index (χ1n) is 4.42. The van der Waals surface area contributed by atoms with E-state index in [1.54, 1.807) is 6.21 Å². The molecular weight excluding hydrogens is 230 g/mol. The van der Waals surface area contributed by atoms with Gasteiger partial charge in [0, 0.05) is 17.4 Å². The van der Waals surface area contributed by atoms with Crippen molar-refractivity contribution in [2.45, 2.75) is 0 Å². The summed E-state index contributed by atoms with van der Waals surface area (Å²) in [5.41, 5.74) is 1.78. The zero-order valence-corrected chi connectivity index (χ0v) is 8.82. The van der Waals surface area contributed by atoms with Crippen molar-refractivity contribution in [3.63, 3.8) is 0 Å². The van der Waals surface area contributed by atoms with Gasteiger partial charge < -0.3 is 0 Å². The van der Waals surface area contributed by atoms with Crippen LogP contribution in [0.2, 0.25) is 0 Å². The standard InChI is InChI=1S/C10H5N3O2.ClH/c14-7-1-5-6(2-11-3-8(5)15)9-10(7)13-4-12-9;/h1-2,4H,3H2;1H. The van der Waals surface area contributed by atoms with Gasteiger partial charge in [-0.25, -0.2) is 9.98 Å². The molecule has 0 fully saturated rings. The lowest BCUT2D eigenvalue weighted by atomic mass is 9.89. The Labute approximate surface area is 96.8 Å². The molecule has 0 bridgehead atoms. The Morgan fingerprint density at radius 3 is 2.88 bits per heavy atom. The number of hydrogen-bond acceptors (Lipinski definition) is 5. The fraction of sp³-hybridized carbons (Fsp3) is 0.100. The molecule has 80 valence electrons. The van der Waals surface area contributed by atoms with Gasteiger partial charge in [0.2, 0.25) is 5.78 Å². The quantitative estimate of drug-likeness (QED) is 0.567. The predicted molar refractivity (Wildman–Crippen MR) is 61.7 cm³/mol. The first-order valence-corrected chi connectivity index (χ1v) is 4.42. The number of ketones is 2. The molecule has 5 nitrogen and oxygen atoms in total. The van der Waals surface area contributed by atoms with E-state index in [2.05, 4.69) is 15.0 Å². The van der Waals surface area contributed by atoms with Crippen molar-refractivity contribution in [3.05, 3.63) is 22.9 Å². The number of carbonyl (C=O) groups excluding carboxylic acids is 2. The topological polar surface area (TPSA) is 71.2 Å². The van der Waals surface area contributed by atoms with Gasteiger partial charge in [-0.3, -0.25) is 14.6 Å². The van der Waals surface area contributed by atoms with Crippen molar-refractivity contribution in [2.75, 3.05) is 6.54 Å². The first kappa shape index (κ1) is 10.6. The lowest BCUT2D eigenvalue weighted by Gasteiger charge is -2.16. The molecule has 0 saturated carbocycles. The average molecular weight is 236 g/mol. The highest BCUT2D eigenvalue weighted by Crippen LogP contribution is 2.26. The molecular formula is C10H6ClN3O2. The van der Waals surface area contributed by atoms with Crippen LogP contribution in [0.4, 0.5) is 0 Å². The number of nitrogens with zero attached hydrogens (tertiary/aromatic N) is 3. The highest BCUT2D eigenvalue weighted by molar-refractivity contribution is 6.54. The predicted octanol–water partition coefficient (Wildman–Crippen LogP) is 0.308. The molecule has 0 N–H and O–H groups in total. The van der Waals surface area contributed by atoms with E-state index in [-0.39, 0.29) is 30.5 Å². The third-order valence-corrected chi connectivity index (χ3v) is 2.41. The molecule has 0 aromatic heterocycles. The van der Waals surface area contributed by atoms with Crippen LogP contribution in [0.1, 0.15) is 0 Å². The van der Waals surface area contributed by atoms with Crippen molar-refractivity contribution >= 4 is 42.2 Å². The molecule has 3 rings (SSSR count). The summed E-state index contributed by atoms with van der Waals surface area (Å²) < 4.78 is 0. The zero-order valence-electron chi connectivity index (χ0n) is 8.01. The number of hydrogen-bond donors (Lipinski definition) is 0. The SMILES string of the molecule is Cl.O=C1C=C2C(=O)CN=CC2=C2N=CN=C12. The van der Waals surface area contributed by atoms with Gasteiger partial charge in [-0.2, -0.15) is 0 Å². The largest absolute Gasteiger partial charge is 0.292 e. The van der Waals surface area contributed by atoms with Gasteiger partial charge in [0.25, 0.3) is 0 Å². The van der Waals surface area contributed by atoms with Crippen molar-refractivity contribution in [1.29, 1.82) is 0 Å². The molecule has 16 heavy (non-hydrogen) atoms. The second-order valence-electron chi connectivity index (χ2n) is 3.30. The number of fused-ring (bicyclic) bond motifs is 2. The van der Waals surface area contributed by atoms with Gasteiger partial charge >= 0.3 is 0 Å². The summed E-state index contributed by atoms with van der Waals surface area (Å²) in [6.07, 6.45) is 4.21. The van der Waals surface area contributed by atoms with Gasteiger partial charge in [-0.1, -0.05) is 0 Å². The second-order valence-corrected chi connectivity index (χ2v) is 3.30. The van der Waals surface area contributed by atoms with Crippen molar-refractivity contribution < 1.29 is 9.59 Å². The summed E-state index contributed by atoms with van der Waals surface area (Å²) in [6, 6.07) is 0. The number of allylic oxidation sites excluding steroid dienone is 3. The van der Waals surface area contributed by atoms with Gasteiger partial charge in [0.15, 0.2) is 5.78 Å². The molecule has 0 unspecified atom stereocenters. The summed E-state index contributed by atoms with van der Waals surface area (Å²) in [4.78, 5) is 34.8. The monoisotopic (exact) mass is 235 g/mol. The van der Waals surface area contributed by atoms with E-state index in [0.29, 0.717) is 22.6 Å². The van der Waals surface area contributed by atoms with E-state index >= 15 is 0 Å². The van der Waals surface area contributed by atoms with E-state index in [4.69, 9.17) is 0 Å². The number of rotatable bonds is 0. The summed E-state index contributed by atoms with van der Waals surface area (Å²) in [5.74, 6) is -0.403. The molecule has 3 aliphatic rings. The average Bonchev–Trinajstić information content (AvgIpc) is 2.69. The maximum absolute atomic E-state index is 11.6. The minimum absolute atomic E-state index is 0. The molecule has 0 aromatic rings. The van der Waals surface area contributed by atoms with Gasteiger partial charge in [-0.15, -0.1) is 12.4 Å². The minimum atomic E-state index is -0.259. The first-order chi connectivity index (χ1) is 7.27. The van der Waals surface area contributed by atoms with Crippen molar-refractivity contribution in [2.24, 2.45) is 15.0 Å². The lowest BCUT2D eigenvalue weighted by molar-refractivity contribution is -0.115. The normalized spacial score (nSPS) is 21.2. The maximum atomic E-state index is 11.6. The highest BCUT2D eigenvalue weighted by Gasteiger charge is 2.31. The molecule has 0 spiro atoms. The molecule has 1 aliphatic carbocycles. The summed E-state index contributed by atoms with van der Waals surface area (Å²) in [7, 11) is 0. The number of carbonyl (C=O) groups is 2. The van der Waals surface area contributed by atoms with Crippen LogP contribution in [0.15, 0.2) is 37.9 Å². The number of halogens is 1. The van der Waals surface area contributed by atoms with Gasteiger partial charge in [-0.05, 0) is 6.08 Å². The number of aliphatic imine (C=N–C) groups is 3. The Kier molecular flexibility index (Phi) is 2.40. The van der Waals surface area contributed by atoms with Gasteiger partial charge in [0.1, 0.15) is 24.3 Å². The smallest absolute Gasteiger partial charge is 0.207 e. The minimum Gasteiger partial charge on any atom is -0.292 e. The van der Waals surface area contributed by atoms with E-state index in [1.807, 2.05) is 0 Å². The summed E-state index contributed by atoms with van der Waals surface area (Å²) >= 11 is 0. The van der Waals surface area contributed by atoms with Crippen LogP contribution in [0.25, 0.3) is 0 Å². The van der Waals surface area contributed by atoms with Crippen LogP contribution >= 0.6 is 12.4 Å². The molecule has 0 aromatic carbocycles. The molecule has 2 aliphatic heterocycles. The molecule has 0 amide bonds. The highest BCUT2D eigenvalue weighted by atomic mass is 35.5. The van der Waals surface area contributed by atoms with Crippen LogP contribution in [0.5, 0.6) is 0 Å². The summed E-state index contributed by atoms with van der Waals surface area (Å²) in [6.45, 7) is 0.103. The fourth-order valence-electron chi connectivity index (χ4n) is 1.72. The van der Waals surface area contributed by atoms with Crippen LogP contribution in [0, 0.1) is 0 Å². The van der Waals surface area contributed by atoms with Crippen molar-refractivity contribution in [1.82, 2.24) is 0 Å². The molecule has 0 saturated heterocycles. The zero-order chi connectivity index (χ0) is 10.4. The maximum Gasteiger partial charge on any atom is 0.207 e. The van der Waals surface area contributed by atoms with Crippen molar-refractivity contribution in [3.8, 4) is 0 Å². The van der Waals surface area contributed by atoms with Crippen LogP contribution in [-0.2, 0) is 9.59 Å². The second kappa shape index (κ2) is 3.61. The van der Waals surface area contributed by atoms with E-state index < -0.39 is 0 Å². The Morgan fingerprint density at radius 1 is 1.25 bits per heavy atom. The van der Waals surface area contributed by atoms with Crippen LogP contribution in [0.3, 0.4) is 0 Å². The Bertz CT molecular complexity index is 552. The Hall–Kier alpha value is -1.88. The molecule has 0 atom stereocenters. The van der Waals surface area contributed by atoms with Crippen LogP contribution < -0.4 is 0 Å². The lowest BCUT2D eigenvalue weighted by Crippen LogP contribution is -2.26. The van der Waals surface area contributed by atoms with Crippen LogP contribution in [-0.4, -0.2) is 36.4 Å². The van der Waals surface area contributed by atoms with E-state index in [1.165, 1.54) is 12.4 Å². The molecule has 6 heteroatoms. The molecule has 2 heterocycles. The number of Topliss-reactive ketones (excluding diaryl/α,β-unsaturated/α-hetero) is 1. The van der Waals surface area contributed by atoms with Gasteiger partial charge in [0.05, 0.1) is 0 Å². The molecule has 0 radical (unpaired) electrons. The Morgan fingerprint density at radius 2 is 2.06 bits per heavy atom.